The van der Waals surface area contributed by atoms with Crippen LogP contribution in [0.15, 0.2) is 18.2 Å². The molecule has 0 fully saturated rings. The molecule has 1 aliphatic rings. The van der Waals surface area contributed by atoms with Crippen LogP contribution in [0.3, 0.4) is 0 Å². The SMILES string of the molecule is CCC(C)(O)CNC1Cc2ccc(Cl)cc2C1. The second-order valence-corrected chi connectivity index (χ2v) is 5.69. The van der Waals surface area contributed by atoms with Crippen molar-refractivity contribution in [3.8, 4) is 0 Å². The molecule has 0 amide bonds. The predicted molar refractivity (Wildman–Crippen MR) is 71.6 cm³/mol. The quantitative estimate of drug-likeness (QED) is 0.865. The minimum atomic E-state index is -0.605. The van der Waals surface area contributed by atoms with Crippen LogP contribution in [0.2, 0.25) is 5.02 Å². The molecule has 0 spiro atoms. The van der Waals surface area contributed by atoms with E-state index in [1.54, 1.807) is 0 Å². The number of benzene rings is 1. The highest BCUT2D eigenvalue weighted by Gasteiger charge is 2.24. The fourth-order valence-electron chi connectivity index (χ4n) is 2.22. The number of nitrogens with one attached hydrogen (secondary N) is 1. The van der Waals surface area contributed by atoms with Gasteiger partial charge in [-0.05, 0) is 49.4 Å². The lowest BCUT2D eigenvalue weighted by Crippen LogP contribution is -2.42. The van der Waals surface area contributed by atoms with Crippen molar-refractivity contribution >= 4 is 11.6 Å². The zero-order valence-electron chi connectivity index (χ0n) is 10.5. The van der Waals surface area contributed by atoms with Crippen LogP contribution in [-0.4, -0.2) is 23.3 Å². The van der Waals surface area contributed by atoms with Gasteiger partial charge in [0.15, 0.2) is 0 Å². The first-order chi connectivity index (χ1) is 8.00. The standard InChI is InChI=1S/C14H20ClNO/c1-3-14(2,17)9-16-13-7-10-4-5-12(15)6-11(10)8-13/h4-6,13,16-17H,3,7-9H2,1-2H3. The normalized spacial score (nSPS) is 22.2. The van der Waals surface area contributed by atoms with E-state index in [1.165, 1.54) is 11.1 Å². The molecular weight excluding hydrogens is 234 g/mol. The maximum absolute atomic E-state index is 9.96. The molecule has 0 heterocycles. The molecule has 2 atom stereocenters. The van der Waals surface area contributed by atoms with Gasteiger partial charge in [-0.2, -0.15) is 0 Å². The van der Waals surface area contributed by atoms with Crippen molar-refractivity contribution in [1.29, 1.82) is 0 Å². The Bertz CT molecular complexity index is 403. The first-order valence-corrected chi connectivity index (χ1v) is 6.61. The fraction of sp³-hybridized carbons (Fsp3) is 0.571. The van der Waals surface area contributed by atoms with Gasteiger partial charge in [-0.3, -0.25) is 0 Å². The summed E-state index contributed by atoms with van der Waals surface area (Å²) >= 11 is 5.98. The summed E-state index contributed by atoms with van der Waals surface area (Å²) in [7, 11) is 0. The lowest BCUT2D eigenvalue weighted by Gasteiger charge is -2.24. The highest BCUT2D eigenvalue weighted by Crippen LogP contribution is 2.25. The first kappa shape index (κ1) is 12.9. The Hall–Kier alpha value is -0.570. The van der Waals surface area contributed by atoms with Crippen LogP contribution in [0.25, 0.3) is 0 Å². The summed E-state index contributed by atoms with van der Waals surface area (Å²) in [4.78, 5) is 0. The summed E-state index contributed by atoms with van der Waals surface area (Å²) in [5.41, 5.74) is 2.11. The molecule has 0 saturated heterocycles. The molecule has 2 N–H and O–H groups in total. The van der Waals surface area contributed by atoms with Gasteiger partial charge in [0.25, 0.3) is 0 Å². The largest absolute Gasteiger partial charge is 0.389 e. The van der Waals surface area contributed by atoms with Crippen LogP contribution >= 0.6 is 11.6 Å². The summed E-state index contributed by atoms with van der Waals surface area (Å²) in [6.45, 7) is 4.53. The zero-order chi connectivity index (χ0) is 12.5. The summed E-state index contributed by atoms with van der Waals surface area (Å²) in [5, 5.41) is 14.2. The van der Waals surface area contributed by atoms with E-state index in [9.17, 15) is 5.11 Å². The molecule has 0 bridgehead atoms. The Kier molecular flexibility index (Phi) is 3.76. The van der Waals surface area contributed by atoms with Crippen molar-refractivity contribution in [1.82, 2.24) is 5.32 Å². The molecule has 94 valence electrons. The molecule has 2 nitrogen and oxygen atoms in total. The van der Waals surface area contributed by atoms with E-state index in [0.717, 1.165) is 24.3 Å². The molecule has 1 aliphatic carbocycles. The molecule has 0 saturated carbocycles. The van der Waals surface area contributed by atoms with Gasteiger partial charge in [0.05, 0.1) is 5.60 Å². The number of hydrogen-bond acceptors (Lipinski definition) is 2. The van der Waals surface area contributed by atoms with Crippen LogP contribution in [0.1, 0.15) is 31.4 Å². The smallest absolute Gasteiger partial charge is 0.0741 e. The maximum Gasteiger partial charge on any atom is 0.0741 e. The van der Waals surface area contributed by atoms with Gasteiger partial charge in [-0.25, -0.2) is 0 Å². The van der Waals surface area contributed by atoms with Crippen LogP contribution in [0, 0.1) is 0 Å². The molecule has 3 heteroatoms. The lowest BCUT2D eigenvalue weighted by molar-refractivity contribution is 0.0531. The van der Waals surface area contributed by atoms with Gasteiger partial charge in [0.1, 0.15) is 0 Å². The van der Waals surface area contributed by atoms with Crippen molar-refractivity contribution in [3.63, 3.8) is 0 Å². The molecule has 1 aromatic carbocycles. The lowest BCUT2D eigenvalue weighted by atomic mass is 10.0. The van der Waals surface area contributed by atoms with E-state index in [0.29, 0.717) is 12.6 Å². The van der Waals surface area contributed by atoms with Crippen molar-refractivity contribution < 1.29 is 5.11 Å². The molecule has 0 radical (unpaired) electrons. The van der Waals surface area contributed by atoms with Crippen molar-refractivity contribution in [2.45, 2.75) is 44.8 Å². The molecule has 2 rings (SSSR count). The first-order valence-electron chi connectivity index (χ1n) is 6.23. The van der Waals surface area contributed by atoms with Crippen LogP contribution in [-0.2, 0) is 12.8 Å². The van der Waals surface area contributed by atoms with Crippen LogP contribution in [0.4, 0.5) is 0 Å². The highest BCUT2D eigenvalue weighted by molar-refractivity contribution is 6.30. The Morgan fingerprint density at radius 3 is 2.82 bits per heavy atom. The van der Waals surface area contributed by atoms with Gasteiger partial charge in [0, 0.05) is 17.6 Å². The van der Waals surface area contributed by atoms with E-state index < -0.39 is 5.60 Å². The average Bonchev–Trinajstić information content (AvgIpc) is 2.68. The summed E-state index contributed by atoms with van der Waals surface area (Å²) in [6, 6.07) is 6.54. The number of halogens is 1. The van der Waals surface area contributed by atoms with E-state index >= 15 is 0 Å². The van der Waals surface area contributed by atoms with Crippen molar-refractivity contribution in [3.05, 3.63) is 34.3 Å². The third-order valence-corrected chi connectivity index (χ3v) is 3.87. The van der Waals surface area contributed by atoms with Gasteiger partial charge < -0.3 is 10.4 Å². The Morgan fingerprint density at radius 2 is 2.12 bits per heavy atom. The molecule has 0 aliphatic heterocycles. The summed E-state index contributed by atoms with van der Waals surface area (Å²) < 4.78 is 0. The Morgan fingerprint density at radius 1 is 1.41 bits per heavy atom. The third-order valence-electron chi connectivity index (χ3n) is 3.63. The van der Waals surface area contributed by atoms with Gasteiger partial charge >= 0.3 is 0 Å². The molecule has 17 heavy (non-hydrogen) atoms. The molecular formula is C14H20ClNO. The van der Waals surface area contributed by atoms with Crippen molar-refractivity contribution in [2.75, 3.05) is 6.54 Å². The number of fused-ring (bicyclic) bond motifs is 1. The van der Waals surface area contributed by atoms with E-state index in [1.807, 2.05) is 19.9 Å². The van der Waals surface area contributed by atoms with Crippen molar-refractivity contribution in [2.24, 2.45) is 0 Å². The maximum atomic E-state index is 9.96. The van der Waals surface area contributed by atoms with Gasteiger partial charge in [-0.1, -0.05) is 24.6 Å². The van der Waals surface area contributed by atoms with Gasteiger partial charge in [0.2, 0.25) is 0 Å². The number of rotatable bonds is 4. The fourth-order valence-corrected chi connectivity index (χ4v) is 2.41. The molecule has 2 unspecified atom stereocenters. The van der Waals surface area contributed by atoms with E-state index in [-0.39, 0.29) is 0 Å². The van der Waals surface area contributed by atoms with E-state index in [4.69, 9.17) is 11.6 Å². The van der Waals surface area contributed by atoms with Gasteiger partial charge in [-0.15, -0.1) is 0 Å². The minimum Gasteiger partial charge on any atom is -0.389 e. The Labute approximate surface area is 108 Å². The highest BCUT2D eigenvalue weighted by atomic mass is 35.5. The molecule has 1 aromatic rings. The number of hydrogen-bond donors (Lipinski definition) is 2. The second-order valence-electron chi connectivity index (χ2n) is 5.25. The summed E-state index contributed by atoms with van der Waals surface area (Å²) in [6.07, 6.45) is 2.81. The predicted octanol–water partition coefficient (Wildman–Crippen LogP) is 2.56. The molecule has 0 aromatic heterocycles. The third kappa shape index (κ3) is 3.21. The van der Waals surface area contributed by atoms with Crippen LogP contribution < -0.4 is 5.32 Å². The monoisotopic (exact) mass is 253 g/mol. The average molecular weight is 254 g/mol. The topological polar surface area (TPSA) is 32.3 Å². The Balaban J connectivity index is 1.92. The van der Waals surface area contributed by atoms with Crippen LogP contribution in [0.5, 0.6) is 0 Å². The van der Waals surface area contributed by atoms with E-state index in [2.05, 4.69) is 17.4 Å². The second kappa shape index (κ2) is 4.97. The minimum absolute atomic E-state index is 0.432. The summed E-state index contributed by atoms with van der Waals surface area (Å²) in [5.74, 6) is 0. The number of aliphatic hydroxyl groups is 1. The zero-order valence-corrected chi connectivity index (χ0v) is 11.2.